The minimum absolute atomic E-state index is 0. The normalized spacial score (nSPS) is 15.3. The fourth-order valence-electron chi connectivity index (χ4n) is 5.19. The molecule has 1 heterocycles. The van der Waals surface area contributed by atoms with Crippen molar-refractivity contribution in [3.8, 4) is 0 Å². The minimum atomic E-state index is 0. The second-order valence-corrected chi connectivity index (χ2v) is 9.35. The van der Waals surface area contributed by atoms with Crippen LogP contribution in [-0.4, -0.2) is 35.5 Å². The lowest BCUT2D eigenvalue weighted by atomic mass is 9.76. The summed E-state index contributed by atoms with van der Waals surface area (Å²) in [4.78, 5) is 2.62. The fraction of sp³-hybridized carbons (Fsp3) is 0.367. The van der Waals surface area contributed by atoms with Gasteiger partial charge < -0.3 is 10.1 Å². The van der Waals surface area contributed by atoms with Gasteiger partial charge in [0.2, 0.25) is 0 Å². The number of rotatable bonds is 9. The predicted molar refractivity (Wildman–Crippen MR) is 144 cm³/mol. The molecule has 1 aliphatic heterocycles. The van der Waals surface area contributed by atoms with Crippen LogP contribution >= 0.6 is 12.4 Å². The van der Waals surface area contributed by atoms with Crippen molar-refractivity contribution in [1.29, 1.82) is 0 Å². The number of likely N-dealkylation sites (tertiary alicyclic amines) is 1. The topological polar surface area (TPSA) is 35.8 Å². The van der Waals surface area contributed by atoms with Crippen molar-refractivity contribution >= 4 is 18.1 Å². The van der Waals surface area contributed by atoms with Crippen LogP contribution in [0.3, 0.4) is 0 Å². The zero-order chi connectivity index (χ0) is 22.9. The summed E-state index contributed by atoms with van der Waals surface area (Å²) >= 11 is 0. The molecule has 4 rings (SSSR count). The Morgan fingerprint density at radius 3 is 1.94 bits per heavy atom. The Bertz CT molecular complexity index is 957. The summed E-state index contributed by atoms with van der Waals surface area (Å²) in [6.07, 6.45) is 5.47. The average Bonchev–Trinajstić information content (AvgIpc) is 2.87. The fourth-order valence-corrected chi connectivity index (χ4v) is 5.19. The highest BCUT2D eigenvalue weighted by molar-refractivity contribution is 6.00. The molecule has 0 unspecified atom stereocenters. The van der Waals surface area contributed by atoms with Gasteiger partial charge in [-0.2, -0.15) is 0 Å². The average molecular weight is 477 g/mol. The minimum Gasteiger partial charge on any atom is -0.411 e. The van der Waals surface area contributed by atoms with E-state index in [1.165, 1.54) is 42.6 Å². The van der Waals surface area contributed by atoms with Gasteiger partial charge >= 0.3 is 0 Å². The van der Waals surface area contributed by atoms with Crippen molar-refractivity contribution in [2.45, 2.75) is 44.9 Å². The molecule has 1 aliphatic rings. The molecule has 0 aromatic heterocycles. The number of halogens is 1. The molecule has 0 atom stereocenters. The Hall–Kier alpha value is -2.62. The van der Waals surface area contributed by atoms with Gasteiger partial charge in [-0.1, -0.05) is 95.6 Å². The van der Waals surface area contributed by atoms with Crippen LogP contribution in [0.4, 0.5) is 0 Å². The molecule has 180 valence electrons. The first-order valence-electron chi connectivity index (χ1n) is 12.3. The molecule has 1 N–H and O–H groups in total. The van der Waals surface area contributed by atoms with Gasteiger partial charge in [-0.3, -0.25) is 0 Å². The number of hydrogen-bond acceptors (Lipinski definition) is 3. The van der Waals surface area contributed by atoms with Crippen LogP contribution in [0, 0.1) is 12.8 Å². The number of oxime groups is 1. The zero-order valence-electron chi connectivity index (χ0n) is 20.1. The Balaban J connectivity index is 0.00000324. The van der Waals surface area contributed by atoms with Gasteiger partial charge in [0.25, 0.3) is 0 Å². The lowest BCUT2D eigenvalue weighted by Crippen LogP contribution is -2.36. The van der Waals surface area contributed by atoms with Gasteiger partial charge in [0.1, 0.15) is 0 Å². The van der Waals surface area contributed by atoms with E-state index < -0.39 is 0 Å². The third-order valence-corrected chi connectivity index (χ3v) is 7.06. The van der Waals surface area contributed by atoms with Crippen molar-refractivity contribution in [2.24, 2.45) is 11.1 Å². The first kappa shape index (κ1) is 26.0. The van der Waals surface area contributed by atoms with Crippen molar-refractivity contribution in [1.82, 2.24) is 4.90 Å². The van der Waals surface area contributed by atoms with Crippen molar-refractivity contribution in [2.75, 3.05) is 19.6 Å². The van der Waals surface area contributed by atoms with E-state index in [1.807, 2.05) is 12.1 Å². The lowest BCUT2D eigenvalue weighted by molar-refractivity contribution is 0.173. The summed E-state index contributed by atoms with van der Waals surface area (Å²) in [5.41, 5.74) is 5.92. The molecule has 4 heteroatoms. The Labute approximate surface area is 210 Å². The number of nitrogens with zero attached hydrogens (tertiary/aromatic N) is 2. The van der Waals surface area contributed by atoms with Gasteiger partial charge in [0.05, 0.1) is 5.71 Å². The Morgan fingerprint density at radius 2 is 1.41 bits per heavy atom. The number of aryl methyl sites for hydroxylation is 1. The van der Waals surface area contributed by atoms with E-state index in [0.29, 0.717) is 11.8 Å². The summed E-state index contributed by atoms with van der Waals surface area (Å²) in [6.45, 7) is 5.53. The monoisotopic (exact) mass is 476 g/mol. The maximum absolute atomic E-state index is 9.44. The lowest BCUT2D eigenvalue weighted by Gasteiger charge is -2.36. The van der Waals surface area contributed by atoms with E-state index in [0.717, 1.165) is 37.1 Å². The molecule has 0 aliphatic carbocycles. The first-order valence-corrected chi connectivity index (χ1v) is 12.3. The van der Waals surface area contributed by atoms with Crippen molar-refractivity contribution in [3.05, 3.63) is 107 Å². The molecular weight excluding hydrogens is 440 g/mol. The van der Waals surface area contributed by atoms with E-state index in [9.17, 15) is 5.21 Å². The van der Waals surface area contributed by atoms with Crippen LogP contribution in [0.2, 0.25) is 0 Å². The van der Waals surface area contributed by atoms with Crippen molar-refractivity contribution in [3.63, 3.8) is 0 Å². The van der Waals surface area contributed by atoms with E-state index in [-0.39, 0.29) is 12.4 Å². The highest BCUT2D eigenvalue weighted by atomic mass is 35.5. The van der Waals surface area contributed by atoms with Crippen LogP contribution < -0.4 is 0 Å². The quantitative estimate of drug-likeness (QED) is 0.152. The SMILES string of the molecule is Cc1ccc(C(CCCCN2CCC(C(c3ccccc3)c3ccccc3)CC2)=NO)cc1.Cl. The largest absolute Gasteiger partial charge is 0.411 e. The molecule has 0 amide bonds. The Morgan fingerprint density at radius 1 is 0.853 bits per heavy atom. The summed E-state index contributed by atoms with van der Waals surface area (Å²) in [7, 11) is 0. The summed E-state index contributed by atoms with van der Waals surface area (Å²) in [6, 6.07) is 30.3. The molecule has 0 radical (unpaired) electrons. The van der Waals surface area contributed by atoms with Gasteiger partial charge in [-0.15, -0.1) is 12.4 Å². The molecule has 3 aromatic carbocycles. The molecule has 34 heavy (non-hydrogen) atoms. The summed E-state index contributed by atoms with van der Waals surface area (Å²) < 4.78 is 0. The second-order valence-electron chi connectivity index (χ2n) is 9.35. The molecule has 0 spiro atoms. The number of unbranched alkanes of at least 4 members (excludes halogenated alkanes) is 1. The summed E-state index contributed by atoms with van der Waals surface area (Å²) in [5, 5.41) is 13.0. The van der Waals surface area contributed by atoms with E-state index in [2.05, 4.69) is 89.8 Å². The summed E-state index contributed by atoms with van der Waals surface area (Å²) in [5.74, 6) is 1.16. The smallest absolute Gasteiger partial charge is 0.0867 e. The number of benzene rings is 3. The van der Waals surface area contributed by atoms with Gasteiger partial charge in [0, 0.05) is 5.92 Å². The van der Waals surface area contributed by atoms with E-state index in [4.69, 9.17) is 0 Å². The standard InChI is InChI=1S/C30H36N2O.ClH/c1-24-15-17-25(18-16-24)29(31-33)14-8-9-21-32-22-19-28(20-23-32)30(26-10-4-2-5-11-26)27-12-6-3-7-13-27;/h2-7,10-13,15-18,28,30,33H,8-9,14,19-23H2,1H3;1H. The predicted octanol–water partition coefficient (Wildman–Crippen LogP) is 7.31. The van der Waals surface area contributed by atoms with Gasteiger partial charge in [-0.25, -0.2) is 0 Å². The molecule has 3 aromatic rings. The third kappa shape index (κ3) is 6.94. The zero-order valence-corrected chi connectivity index (χ0v) is 21.0. The van der Waals surface area contributed by atoms with Crippen LogP contribution in [0.1, 0.15) is 60.3 Å². The number of hydrogen-bond donors (Lipinski definition) is 1. The van der Waals surface area contributed by atoms with E-state index >= 15 is 0 Å². The molecule has 0 bridgehead atoms. The maximum Gasteiger partial charge on any atom is 0.0867 e. The molecule has 3 nitrogen and oxygen atoms in total. The second kappa shape index (κ2) is 13.3. The highest BCUT2D eigenvalue weighted by Crippen LogP contribution is 2.37. The molecular formula is C30H37ClN2O. The highest BCUT2D eigenvalue weighted by Gasteiger charge is 2.28. The van der Waals surface area contributed by atoms with Gasteiger partial charge in [0.15, 0.2) is 0 Å². The van der Waals surface area contributed by atoms with Crippen LogP contribution in [0.25, 0.3) is 0 Å². The Kier molecular flexibility index (Phi) is 10.2. The third-order valence-electron chi connectivity index (χ3n) is 7.06. The van der Waals surface area contributed by atoms with Crippen LogP contribution in [0.15, 0.2) is 90.1 Å². The number of piperidine rings is 1. The first-order chi connectivity index (χ1) is 16.2. The van der Waals surface area contributed by atoms with E-state index in [1.54, 1.807) is 0 Å². The van der Waals surface area contributed by atoms with Crippen LogP contribution in [0.5, 0.6) is 0 Å². The molecule has 0 saturated carbocycles. The molecule has 1 saturated heterocycles. The maximum atomic E-state index is 9.44. The van der Waals surface area contributed by atoms with Gasteiger partial charge in [-0.05, 0) is 81.3 Å². The van der Waals surface area contributed by atoms with Crippen LogP contribution in [-0.2, 0) is 0 Å². The van der Waals surface area contributed by atoms with Crippen molar-refractivity contribution < 1.29 is 5.21 Å². The molecule has 1 fully saturated rings.